The molecular formula is C23H27N3O2. The zero-order valence-corrected chi connectivity index (χ0v) is 16.4. The molecule has 2 aromatic rings. The van der Waals surface area contributed by atoms with Gasteiger partial charge in [0.05, 0.1) is 12.3 Å². The van der Waals surface area contributed by atoms with Crippen LogP contribution in [0, 0.1) is 0 Å². The standard InChI is InChI=1S/C23H27N3O2/c1-2-25(17-15-19-9-5-3-6-10-19)22(27)13-14-23(28)26-18-16-21(24-26)20-11-7-4-8-12-20/h3-12H,2,13-18H2,1H3. The summed E-state index contributed by atoms with van der Waals surface area (Å²) in [6, 6.07) is 20.0. The van der Waals surface area contributed by atoms with E-state index in [0.717, 1.165) is 24.1 Å². The molecule has 5 nitrogen and oxygen atoms in total. The maximum absolute atomic E-state index is 12.5. The van der Waals surface area contributed by atoms with Gasteiger partial charge in [-0.25, -0.2) is 5.01 Å². The third kappa shape index (κ3) is 5.28. The van der Waals surface area contributed by atoms with Gasteiger partial charge in [0.25, 0.3) is 0 Å². The molecule has 2 aromatic carbocycles. The van der Waals surface area contributed by atoms with E-state index in [1.165, 1.54) is 10.6 Å². The number of hydrazone groups is 1. The predicted octanol–water partition coefficient (Wildman–Crippen LogP) is 3.49. The first-order valence-corrected chi connectivity index (χ1v) is 9.92. The van der Waals surface area contributed by atoms with Crippen molar-refractivity contribution in [2.75, 3.05) is 19.6 Å². The minimum atomic E-state index is -0.0848. The van der Waals surface area contributed by atoms with Crippen LogP contribution in [0.4, 0.5) is 0 Å². The smallest absolute Gasteiger partial charge is 0.243 e. The maximum Gasteiger partial charge on any atom is 0.243 e. The number of likely N-dealkylation sites (N-methyl/N-ethyl adjacent to an activating group) is 1. The molecule has 146 valence electrons. The van der Waals surface area contributed by atoms with Crippen molar-refractivity contribution < 1.29 is 9.59 Å². The fraction of sp³-hybridized carbons (Fsp3) is 0.348. The predicted molar refractivity (Wildman–Crippen MR) is 111 cm³/mol. The van der Waals surface area contributed by atoms with Gasteiger partial charge >= 0.3 is 0 Å². The van der Waals surface area contributed by atoms with Crippen molar-refractivity contribution in [3.05, 3.63) is 71.8 Å². The topological polar surface area (TPSA) is 53.0 Å². The summed E-state index contributed by atoms with van der Waals surface area (Å²) < 4.78 is 0. The van der Waals surface area contributed by atoms with Crippen molar-refractivity contribution in [1.82, 2.24) is 9.91 Å². The van der Waals surface area contributed by atoms with Crippen LogP contribution in [-0.2, 0) is 16.0 Å². The number of carbonyl (C=O) groups is 2. The van der Waals surface area contributed by atoms with E-state index in [0.29, 0.717) is 19.6 Å². The lowest BCUT2D eigenvalue weighted by Crippen LogP contribution is -2.34. The summed E-state index contributed by atoms with van der Waals surface area (Å²) in [6.07, 6.45) is 2.01. The summed E-state index contributed by atoms with van der Waals surface area (Å²) in [5.41, 5.74) is 3.19. The highest BCUT2D eigenvalue weighted by molar-refractivity contribution is 6.02. The molecule has 0 aliphatic carbocycles. The van der Waals surface area contributed by atoms with Gasteiger partial charge in [-0.2, -0.15) is 5.10 Å². The lowest BCUT2D eigenvalue weighted by atomic mass is 10.1. The quantitative estimate of drug-likeness (QED) is 0.707. The fourth-order valence-electron chi connectivity index (χ4n) is 3.34. The first-order chi connectivity index (χ1) is 13.7. The Morgan fingerprint density at radius 2 is 1.68 bits per heavy atom. The molecule has 1 aliphatic rings. The van der Waals surface area contributed by atoms with Crippen LogP contribution < -0.4 is 0 Å². The van der Waals surface area contributed by atoms with Gasteiger partial charge in [0, 0.05) is 32.4 Å². The van der Waals surface area contributed by atoms with Crippen LogP contribution in [0.15, 0.2) is 65.8 Å². The number of hydrogen-bond acceptors (Lipinski definition) is 3. The zero-order valence-electron chi connectivity index (χ0n) is 16.4. The molecule has 0 atom stereocenters. The van der Waals surface area contributed by atoms with Gasteiger partial charge < -0.3 is 4.90 Å². The van der Waals surface area contributed by atoms with Gasteiger partial charge in [-0.1, -0.05) is 60.7 Å². The molecule has 0 radical (unpaired) electrons. The Hall–Kier alpha value is -2.95. The van der Waals surface area contributed by atoms with Crippen molar-refractivity contribution >= 4 is 17.5 Å². The summed E-state index contributed by atoms with van der Waals surface area (Å²) in [5.74, 6) is -0.0587. The van der Waals surface area contributed by atoms with Crippen LogP contribution >= 0.6 is 0 Å². The average Bonchev–Trinajstić information content (AvgIpc) is 3.24. The minimum Gasteiger partial charge on any atom is -0.343 e. The molecule has 0 spiro atoms. The van der Waals surface area contributed by atoms with E-state index in [9.17, 15) is 9.59 Å². The average molecular weight is 377 g/mol. The summed E-state index contributed by atoms with van der Waals surface area (Å²) >= 11 is 0. The van der Waals surface area contributed by atoms with Crippen LogP contribution in [0.3, 0.4) is 0 Å². The Kier molecular flexibility index (Phi) is 6.95. The van der Waals surface area contributed by atoms with Gasteiger partial charge in [-0.05, 0) is 24.5 Å². The fourth-order valence-corrected chi connectivity index (χ4v) is 3.34. The molecule has 1 heterocycles. The zero-order chi connectivity index (χ0) is 19.8. The number of nitrogens with zero attached hydrogens (tertiary/aromatic N) is 3. The lowest BCUT2D eigenvalue weighted by molar-refractivity contribution is -0.136. The van der Waals surface area contributed by atoms with Crippen molar-refractivity contribution in [3.63, 3.8) is 0 Å². The first kappa shape index (κ1) is 19.8. The third-order valence-electron chi connectivity index (χ3n) is 5.00. The second-order valence-corrected chi connectivity index (χ2v) is 6.89. The van der Waals surface area contributed by atoms with Gasteiger partial charge in [-0.15, -0.1) is 0 Å². The van der Waals surface area contributed by atoms with Crippen molar-refractivity contribution in [2.24, 2.45) is 5.10 Å². The third-order valence-corrected chi connectivity index (χ3v) is 5.00. The number of hydrogen-bond donors (Lipinski definition) is 0. The normalized spacial score (nSPS) is 13.3. The van der Waals surface area contributed by atoms with E-state index in [4.69, 9.17) is 0 Å². The van der Waals surface area contributed by atoms with Crippen LogP contribution in [-0.4, -0.2) is 47.1 Å². The molecule has 0 aromatic heterocycles. The highest BCUT2D eigenvalue weighted by Gasteiger charge is 2.22. The molecule has 0 N–H and O–H groups in total. The Labute approximate surface area is 166 Å². The SMILES string of the molecule is CCN(CCc1ccccc1)C(=O)CCC(=O)N1CCC(c2ccccc2)=N1. The van der Waals surface area contributed by atoms with Crippen molar-refractivity contribution in [3.8, 4) is 0 Å². The second kappa shape index (κ2) is 9.83. The van der Waals surface area contributed by atoms with Gasteiger partial charge in [0.2, 0.25) is 11.8 Å². The molecule has 28 heavy (non-hydrogen) atoms. The summed E-state index contributed by atoms with van der Waals surface area (Å²) in [5, 5.41) is 5.96. The number of amides is 2. The summed E-state index contributed by atoms with van der Waals surface area (Å²) in [4.78, 5) is 26.8. The van der Waals surface area contributed by atoms with Crippen LogP contribution in [0.25, 0.3) is 0 Å². The number of rotatable bonds is 8. The minimum absolute atomic E-state index is 0.0261. The van der Waals surface area contributed by atoms with Crippen molar-refractivity contribution in [2.45, 2.75) is 32.6 Å². The van der Waals surface area contributed by atoms with Crippen LogP contribution in [0.1, 0.15) is 37.3 Å². The van der Waals surface area contributed by atoms with E-state index >= 15 is 0 Å². The Morgan fingerprint density at radius 3 is 2.36 bits per heavy atom. The first-order valence-electron chi connectivity index (χ1n) is 9.92. The molecule has 0 saturated carbocycles. The molecule has 2 amide bonds. The molecule has 0 bridgehead atoms. The molecule has 0 fully saturated rings. The van der Waals surface area contributed by atoms with Crippen molar-refractivity contribution in [1.29, 1.82) is 0 Å². The molecule has 5 heteroatoms. The largest absolute Gasteiger partial charge is 0.343 e. The Balaban J connectivity index is 1.48. The number of benzene rings is 2. The van der Waals surface area contributed by atoms with Gasteiger partial charge in [0.1, 0.15) is 0 Å². The monoisotopic (exact) mass is 377 g/mol. The molecule has 0 saturated heterocycles. The highest BCUT2D eigenvalue weighted by atomic mass is 16.2. The van der Waals surface area contributed by atoms with E-state index < -0.39 is 0 Å². The second-order valence-electron chi connectivity index (χ2n) is 6.89. The molecule has 3 rings (SSSR count). The summed E-state index contributed by atoms with van der Waals surface area (Å²) in [7, 11) is 0. The molecule has 0 unspecified atom stereocenters. The Bertz CT molecular complexity index is 818. The van der Waals surface area contributed by atoms with E-state index in [1.54, 1.807) is 0 Å². The van der Waals surface area contributed by atoms with E-state index in [-0.39, 0.29) is 24.7 Å². The summed E-state index contributed by atoms with van der Waals surface area (Å²) in [6.45, 7) is 3.89. The van der Waals surface area contributed by atoms with Crippen LogP contribution in [0.5, 0.6) is 0 Å². The molecule has 1 aliphatic heterocycles. The van der Waals surface area contributed by atoms with Gasteiger partial charge in [0.15, 0.2) is 0 Å². The van der Waals surface area contributed by atoms with E-state index in [1.807, 2.05) is 60.4 Å². The maximum atomic E-state index is 12.5. The van der Waals surface area contributed by atoms with E-state index in [2.05, 4.69) is 17.2 Å². The van der Waals surface area contributed by atoms with Gasteiger partial charge in [-0.3, -0.25) is 9.59 Å². The Morgan fingerprint density at radius 1 is 1.00 bits per heavy atom. The molecular weight excluding hydrogens is 350 g/mol. The highest BCUT2D eigenvalue weighted by Crippen LogP contribution is 2.15. The van der Waals surface area contributed by atoms with Crippen LogP contribution in [0.2, 0.25) is 0 Å². The lowest BCUT2D eigenvalue weighted by Gasteiger charge is -2.21. The number of carbonyl (C=O) groups excluding carboxylic acids is 2.